The number of carbonyl (C=O) groups excluding carboxylic acids is 2. The van der Waals surface area contributed by atoms with E-state index >= 15 is 0 Å². The second kappa shape index (κ2) is 6.49. The summed E-state index contributed by atoms with van der Waals surface area (Å²) in [6.07, 6.45) is 3.05. The number of para-hydroxylation sites is 1. The Hall–Kier alpha value is -1.59. The summed E-state index contributed by atoms with van der Waals surface area (Å²) in [5, 5.41) is 0.553. The number of likely N-dealkylation sites (N-methyl/N-ethyl adjacent to an activating group) is 1. The molecule has 0 bridgehead atoms. The Kier molecular flexibility index (Phi) is 4.60. The van der Waals surface area contributed by atoms with E-state index < -0.39 is 6.04 Å². The van der Waals surface area contributed by atoms with Gasteiger partial charge < -0.3 is 15.5 Å². The highest BCUT2D eigenvalue weighted by molar-refractivity contribution is 6.34. The van der Waals surface area contributed by atoms with Crippen molar-refractivity contribution in [1.29, 1.82) is 0 Å². The molecule has 0 spiro atoms. The monoisotopic (exact) mass is 335 g/mol. The van der Waals surface area contributed by atoms with Crippen LogP contribution in [0.5, 0.6) is 0 Å². The number of carbonyl (C=O) groups is 2. The first-order chi connectivity index (χ1) is 11.0. The number of hydrogen-bond donors (Lipinski definition) is 1. The van der Waals surface area contributed by atoms with Gasteiger partial charge in [0, 0.05) is 25.6 Å². The van der Waals surface area contributed by atoms with E-state index in [1.165, 1.54) is 0 Å². The lowest BCUT2D eigenvalue weighted by molar-refractivity contribution is -0.140. The molecule has 0 aromatic heterocycles. The first kappa shape index (κ1) is 16.3. The second-order valence-corrected chi connectivity index (χ2v) is 6.87. The Balaban J connectivity index is 1.71. The maximum absolute atomic E-state index is 12.7. The maximum Gasteiger partial charge on any atom is 0.249 e. The van der Waals surface area contributed by atoms with Gasteiger partial charge in [-0.25, -0.2) is 0 Å². The molecule has 2 aliphatic rings. The van der Waals surface area contributed by atoms with Gasteiger partial charge in [-0.2, -0.15) is 0 Å². The van der Waals surface area contributed by atoms with E-state index in [9.17, 15) is 9.59 Å². The highest BCUT2D eigenvalue weighted by Crippen LogP contribution is 2.32. The predicted octanol–water partition coefficient (Wildman–Crippen LogP) is 2.03. The molecular formula is C17H22ClN3O2. The van der Waals surface area contributed by atoms with Gasteiger partial charge in [-0.1, -0.05) is 23.7 Å². The Bertz CT molecular complexity index is 622. The average molecular weight is 336 g/mol. The molecular weight excluding hydrogens is 314 g/mol. The van der Waals surface area contributed by atoms with Crippen molar-refractivity contribution in [3.63, 3.8) is 0 Å². The van der Waals surface area contributed by atoms with Gasteiger partial charge in [-0.15, -0.1) is 0 Å². The molecule has 3 rings (SSSR count). The van der Waals surface area contributed by atoms with Crippen LogP contribution in [0, 0.1) is 5.92 Å². The molecule has 2 amide bonds. The number of anilines is 1. The lowest BCUT2D eigenvalue weighted by atomic mass is 10.0. The zero-order valence-electron chi connectivity index (χ0n) is 13.2. The van der Waals surface area contributed by atoms with E-state index in [0.29, 0.717) is 23.7 Å². The van der Waals surface area contributed by atoms with Crippen LogP contribution in [0.15, 0.2) is 24.3 Å². The fourth-order valence-corrected chi connectivity index (χ4v) is 3.85. The number of nitrogens with two attached hydrogens (primary N) is 1. The molecule has 1 aromatic carbocycles. The molecule has 3 unspecified atom stereocenters. The number of hydrogen-bond acceptors (Lipinski definition) is 3. The Morgan fingerprint density at radius 1 is 1.30 bits per heavy atom. The molecule has 124 valence electrons. The summed E-state index contributed by atoms with van der Waals surface area (Å²) in [6.45, 7) is 0.578. The van der Waals surface area contributed by atoms with Crippen LogP contribution in [0.1, 0.15) is 25.7 Å². The van der Waals surface area contributed by atoms with Gasteiger partial charge in [0.2, 0.25) is 11.8 Å². The van der Waals surface area contributed by atoms with Crippen LogP contribution in [-0.2, 0) is 9.59 Å². The van der Waals surface area contributed by atoms with E-state index in [-0.39, 0.29) is 23.8 Å². The minimum atomic E-state index is -0.407. The number of rotatable bonds is 3. The molecule has 5 nitrogen and oxygen atoms in total. The van der Waals surface area contributed by atoms with Crippen molar-refractivity contribution in [3.8, 4) is 0 Å². The molecule has 1 aliphatic carbocycles. The van der Waals surface area contributed by atoms with Crippen molar-refractivity contribution < 1.29 is 9.59 Å². The van der Waals surface area contributed by atoms with Gasteiger partial charge in [0.05, 0.1) is 10.7 Å². The quantitative estimate of drug-likeness (QED) is 0.919. The molecule has 1 saturated heterocycles. The third-order valence-corrected chi connectivity index (χ3v) is 5.28. The van der Waals surface area contributed by atoms with Crippen molar-refractivity contribution >= 4 is 29.1 Å². The third kappa shape index (κ3) is 3.08. The van der Waals surface area contributed by atoms with Gasteiger partial charge in [-0.3, -0.25) is 9.59 Å². The molecule has 2 N–H and O–H groups in total. The summed E-state index contributed by atoms with van der Waals surface area (Å²) in [7, 11) is 1.73. The smallest absolute Gasteiger partial charge is 0.249 e. The summed E-state index contributed by atoms with van der Waals surface area (Å²) in [6, 6.07) is 7.00. The number of benzene rings is 1. The van der Waals surface area contributed by atoms with Crippen LogP contribution in [-0.4, -0.2) is 42.4 Å². The molecule has 2 fully saturated rings. The fourth-order valence-electron chi connectivity index (χ4n) is 3.62. The second-order valence-electron chi connectivity index (χ2n) is 6.46. The number of halogens is 1. The van der Waals surface area contributed by atoms with E-state index in [2.05, 4.69) is 0 Å². The largest absolute Gasteiger partial charge is 0.333 e. The number of nitrogens with zero attached hydrogens (tertiary/aromatic N) is 2. The van der Waals surface area contributed by atoms with Crippen LogP contribution in [0.2, 0.25) is 5.02 Å². The molecule has 1 saturated carbocycles. The highest BCUT2D eigenvalue weighted by atomic mass is 35.5. The summed E-state index contributed by atoms with van der Waals surface area (Å²) >= 11 is 6.19. The fraction of sp³-hybridized carbons (Fsp3) is 0.529. The van der Waals surface area contributed by atoms with Crippen LogP contribution < -0.4 is 10.6 Å². The van der Waals surface area contributed by atoms with E-state index in [1.807, 2.05) is 18.2 Å². The summed E-state index contributed by atoms with van der Waals surface area (Å²) in [5.74, 6) is -0.0642. The van der Waals surface area contributed by atoms with Crippen LogP contribution >= 0.6 is 11.6 Å². The van der Waals surface area contributed by atoms with E-state index in [4.69, 9.17) is 17.3 Å². The maximum atomic E-state index is 12.7. The Morgan fingerprint density at radius 3 is 2.70 bits per heavy atom. The predicted molar refractivity (Wildman–Crippen MR) is 90.3 cm³/mol. The third-order valence-electron chi connectivity index (χ3n) is 4.96. The molecule has 6 heteroatoms. The van der Waals surface area contributed by atoms with Gasteiger partial charge >= 0.3 is 0 Å². The van der Waals surface area contributed by atoms with Gasteiger partial charge in [0.25, 0.3) is 0 Å². The lowest BCUT2D eigenvalue weighted by Gasteiger charge is -2.26. The average Bonchev–Trinajstić information content (AvgIpc) is 3.13. The van der Waals surface area contributed by atoms with Crippen molar-refractivity contribution in [2.24, 2.45) is 11.7 Å². The van der Waals surface area contributed by atoms with Gasteiger partial charge in [0.1, 0.15) is 6.04 Å². The zero-order valence-corrected chi connectivity index (χ0v) is 14.0. The topological polar surface area (TPSA) is 66.6 Å². The van der Waals surface area contributed by atoms with Gasteiger partial charge in [0.15, 0.2) is 0 Å². The first-order valence-electron chi connectivity index (χ1n) is 8.07. The van der Waals surface area contributed by atoms with Crippen molar-refractivity contribution in [2.45, 2.75) is 37.8 Å². The summed E-state index contributed by atoms with van der Waals surface area (Å²) in [5.41, 5.74) is 6.61. The molecule has 3 atom stereocenters. The zero-order chi connectivity index (χ0) is 16.6. The minimum Gasteiger partial charge on any atom is -0.333 e. The molecule has 0 radical (unpaired) electrons. The van der Waals surface area contributed by atoms with Gasteiger partial charge in [-0.05, 0) is 37.8 Å². The highest BCUT2D eigenvalue weighted by Gasteiger charge is 2.40. The number of amides is 2. The van der Waals surface area contributed by atoms with Crippen molar-refractivity contribution in [2.75, 3.05) is 18.5 Å². The van der Waals surface area contributed by atoms with E-state index in [1.54, 1.807) is 22.9 Å². The molecule has 1 aromatic rings. The van der Waals surface area contributed by atoms with Crippen LogP contribution in [0.3, 0.4) is 0 Å². The summed E-state index contributed by atoms with van der Waals surface area (Å²) < 4.78 is 0. The summed E-state index contributed by atoms with van der Waals surface area (Å²) in [4.78, 5) is 28.6. The van der Waals surface area contributed by atoms with E-state index in [0.717, 1.165) is 19.3 Å². The van der Waals surface area contributed by atoms with Crippen molar-refractivity contribution in [3.05, 3.63) is 29.3 Å². The van der Waals surface area contributed by atoms with Crippen molar-refractivity contribution in [1.82, 2.24) is 4.90 Å². The van der Waals surface area contributed by atoms with Crippen LogP contribution in [0.25, 0.3) is 0 Å². The molecule has 23 heavy (non-hydrogen) atoms. The minimum absolute atomic E-state index is 0.0392. The Labute approximate surface area is 141 Å². The molecule has 1 heterocycles. The first-order valence-corrected chi connectivity index (χ1v) is 8.45. The standard InChI is InChI=1S/C17H22ClN3O2/c1-20(16(22)11-6-7-12(19)10-11)15-8-9-21(17(15)23)14-5-3-2-4-13(14)18/h2-5,11-12,15H,6-10,19H2,1H3. The van der Waals surface area contributed by atoms with Crippen LogP contribution in [0.4, 0.5) is 5.69 Å². The lowest BCUT2D eigenvalue weighted by Crippen LogP contribution is -2.45. The Morgan fingerprint density at radius 2 is 2.04 bits per heavy atom. The molecule has 1 aliphatic heterocycles. The SMILES string of the molecule is CN(C(=O)C1CCC(N)C1)C1CCN(c2ccccc2Cl)C1=O. The normalized spacial score (nSPS) is 27.5.